The van der Waals surface area contributed by atoms with Crippen LogP contribution in [0.25, 0.3) is 0 Å². The third-order valence-electron chi connectivity index (χ3n) is 4.33. The molecule has 2 N–H and O–H groups in total. The molecule has 0 spiro atoms. The van der Waals surface area contributed by atoms with Gasteiger partial charge in [-0.05, 0) is 37.1 Å². The molecule has 1 amide bonds. The van der Waals surface area contributed by atoms with E-state index in [1.165, 1.54) is 29.8 Å². The molecule has 2 aliphatic rings. The molecule has 2 unspecified atom stereocenters. The van der Waals surface area contributed by atoms with Crippen LogP contribution in [-0.4, -0.2) is 29.5 Å². The topological polar surface area (TPSA) is 41.1 Å². The summed E-state index contributed by atoms with van der Waals surface area (Å²) in [4.78, 5) is 12.2. The second-order valence-corrected chi connectivity index (χ2v) is 7.73. The first kappa shape index (κ1) is 13.8. The number of para-hydroxylation sites is 1. The van der Waals surface area contributed by atoms with Gasteiger partial charge in [-0.2, -0.15) is 11.8 Å². The lowest BCUT2D eigenvalue weighted by Crippen LogP contribution is -2.37. The van der Waals surface area contributed by atoms with Crippen molar-refractivity contribution in [2.75, 3.05) is 24.2 Å². The molecule has 1 fully saturated rings. The fourth-order valence-electron chi connectivity index (χ4n) is 3.10. The fourth-order valence-corrected chi connectivity index (χ4v) is 4.34. The highest BCUT2D eigenvalue weighted by molar-refractivity contribution is 8.00. The highest BCUT2D eigenvalue weighted by Gasteiger charge is 2.30. The van der Waals surface area contributed by atoms with E-state index in [-0.39, 0.29) is 10.7 Å². The van der Waals surface area contributed by atoms with E-state index in [1.807, 2.05) is 23.9 Å². The standard InChI is InChI=1S/C16H22N2OS/c1-16(7-4-8-20-16)11-18-15(19)9-12-10-17-14-6-3-2-5-13(12)14/h2-3,5-6,12,17H,4,7-11H2,1H3,(H,18,19). The van der Waals surface area contributed by atoms with Gasteiger partial charge in [0.05, 0.1) is 0 Å². The van der Waals surface area contributed by atoms with Gasteiger partial charge in [0.25, 0.3) is 0 Å². The Labute approximate surface area is 124 Å². The van der Waals surface area contributed by atoms with Crippen LogP contribution in [0.15, 0.2) is 24.3 Å². The molecule has 1 aromatic rings. The smallest absolute Gasteiger partial charge is 0.220 e. The molecule has 1 aromatic carbocycles. The van der Waals surface area contributed by atoms with Crippen molar-refractivity contribution in [1.29, 1.82) is 0 Å². The number of nitrogens with one attached hydrogen (secondary N) is 2. The van der Waals surface area contributed by atoms with E-state index in [0.29, 0.717) is 12.3 Å². The highest BCUT2D eigenvalue weighted by Crippen LogP contribution is 2.37. The van der Waals surface area contributed by atoms with Crippen LogP contribution in [0.4, 0.5) is 5.69 Å². The first-order chi connectivity index (χ1) is 9.66. The minimum atomic E-state index is 0.183. The number of carbonyl (C=O) groups is 1. The van der Waals surface area contributed by atoms with Gasteiger partial charge in [0.2, 0.25) is 5.91 Å². The van der Waals surface area contributed by atoms with Gasteiger partial charge in [0.1, 0.15) is 0 Å². The Bertz CT molecular complexity index is 497. The zero-order chi connectivity index (χ0) is 14.0. The van der Waals surface area contributed by atoms with E-state index in [9.17, 15) is 4.79 Å². The van der Waals surface area contributed by atoms with Gasteiger partial charge in [0.15, 0.2) is 0 Å². The Balaban J connectivity index is 1.53. The molecular formula is C16H22N2OS. The summed E-state index contributed by atoms with van der Waals surface area (Å²) in [7, 11) is 0. The average molecular weight is 290 g/mol. The molecule has 0 aromatic heterocycles. The molecule has 2 aliphatic heterocycles. The monoisotopic (exact) mass is 290 g/mol. The van der Waals surface area contributed by atoms with Crippen LogP contribution in [0, 0.1) is 0 Å². The van der Waals surface area contributed by atoms with Crippen LogP contribution in [-0.2, 0) is 4.79 Å². The minimum absolute atomic E-state index is 0.183. The van der Waals surface area contributed by atoms with E-state index >= 15 is 0 Å². The number of thioether (sulfide) groups is 1. The molecule has 108 valence electrons. The number of fused-ring (bicyclic) bond motifs is 1. The quantitative estimate of drug-likeness (QED) is 0.895. The van der Waals surface area contributed by atoms with Crippen molar-refractivity contribution in [2.24, 2.45) is 0 Å². The van der Waals surface area contributed by atoms with Gasteiger partial charge < -0.3 is 10.6 Å². The molecule has 3 nitrogen and oxygen atoms in total. The predicted molar refractivity (Wildman–Crippen MR) is 85.4 cm³/mol. The molecule has 1 saturated heterocycles. The zero-order valence-corrected chi connectivity index (χ0v) is 12.8. The number of rotatable bonds is 4. The molecule has 0 saturated carbocycles. The van der Waals surface area contributed by atoms with Crippen LogP contribution in [0.3, 0.4) is 0 Å². The van der Waals surface area contributed by atoms with Gasteiger partial charge in [0, 0.05) is 35.9 Å². The Kier molecular flexibility index (Phi) is 3.92. The summed E-state index contributed by atoms with van der Waals surface area (Å²) in [5.41, 5.74) is 2.47. The Morgan fingerprint density at radius 2 is 2.35 bits per heavy atom. The summed E-state index contributed by atoms with van der Waals surface area (Å²) in [6.45, 7) is 3.94. The molecule has 2 atom stereocenters. The molecule has 0 bridgehead atoms. The lowest BCUT2D eigenvalue weighted by molar-refractivity contribution is -0.121. The van der Waals surface area contributed by atoms with E-state index in [1.54, 1.807) is 0 Å². The molecule has 20 heavy (non-hydrogen) atoms. The van der Waals surface area contributed by atoms with Crippen molar-refractivity contribution < 1.29 is 4.79 Å². The fraction of sp³-hybridized carbons (Fsp3) is 0.562. The van der Waals surface area contributed by atoms with Crippen molar-refractivity contribution in [3.05, 3.63) is 29.8 Å². The summed E-state index contributed by atoms with van der Waals surface area (Å²) in [5, 5.41) is 6.51. The third-order valence-corrected chi connectivity index (χ3v) is 5.87. The number of benzene rings is 1. The maximum absolute atomic E-state index is 12.2. The predicted octanol–water partition coefficient (Wildman–Crippen LogP) is 2.99. The van der Waals surface area contributed by atoms with Gasteiger partial charge in [-0.1, -0.05) is 18.2 Å². The molecule has 0 radical (unpaired) electrons. The van der Waals surface area contributed by atoms with E-state index in [0.717, 1.165) is 13.1 Å². The number of hydrogen-bond acceptors (Lipinski definition) is 3. The van der Waals surface area contributed by atoms with Crippen molar-refractivity contribution in [3.8, 4) is 0 Å². The third kappa shape index (κ3) is 2.95. The second-order valence-electron chi connectivity index (χ2n) is 6.05. The van der Waals surface area contributed by atoms with Gasteiger partial charge >= 0.3 is 0 Å². The molecule has 4 heteroatoms. The van der Waals surface area contributed by atoms with Gasteiger partial charge in [-0.15, -0.1) is 0 Å². The summed E-state index contributed by atoms with van der Waals surface area (Å²) in [6.07, 6.45) is 3.08. The Morgan fingerprint density at radius 3 is 3.15 bits per heavy atom. The first-order valence-electron chi connectivity index (χ1n) is 7.40. The minimum Gasteiger partial charge on any atom is -0.384 e. The Hall–Kier alpha value is -1.16. The summed E-state index contributed by atoms with van der Waals surface area (Å²) in [6, 6.07) is 8.30. The van der Waals surface area contributed by atoms with E-state index < -0.39 is 0 Å². The van der Waals surface area contributed by atoms with Crippen LogP contribution in [0.2, 0.25) is 0 Å². The first-order valence-corrected chi connectivity index (χ1v) is 8.38. The normalized spacial score (nSPS) is 27.9. The lowest BCUT2D eigenvalue weighted by Gasteiger charge is -2.23. The van der Waals surface area contributed by atoms with Crippen molar-refractivity contribution in [3.63, 3.8) is 0 Å². The maximum atomic E-state index is 12.2. The Morgan fingerprint density at radius 1 is 1.50 bits per heavy atom. The number of carbonyl (C=O) groups excluding carboxylic acids is 1. The number of anilines is 1. The van der Waals surface area contributed by atoms with Crippen LogP contribution < -0.4 is 10.6 Å². The van der Waals surface area contributed by atoms with Gasteiger partial charge in [-0.3, -0.25) is 4.79 Å². The lowest BCUT2D eigenvalue weighted by atomic mass is 9.97. The molecule has 3 rings (SSSR count). The second kappa shape index (κ2) is 5.68. The average Bonchev–Trinajstić information content (AvgIpc) is 3.05. The number of amides is 1. The van der Waals surface area contributed by atoms with Crippen molar-refractivity contribution in [1.82, 2.24) is 5.32 Å². The number of hydrogen-bond donors (Lipinski definition) is 2. The van der Waals surface area contributed by atoms with E-state index in [4.69, 9.17) is 0 Å². The van der Waals surface area contributed by atoms with Crippen molar-refractivity contribution in [2.45, 2.75) is 36.9 Å². The zero-order valence-electron chi connectivity index (χ0n) is 11.9. The molecule has 2 heterocycles. The maximum Gasteiger partial charge on any atom is 0.220 e. The molecular weight excluding hydrogens is 268 g/mol. The van der Waals surface area contributed by atoms with Gasteiger partial charge in [-0.25, -0.2) is 0 Å². The van der Waals surface area contributed by atoms with Crippen LogP contribution in [0.5, 0.6) is 0 Å². The van der Waals surface area contributed by atoms with E-state index in [2.05, 4.69) is 29.7 Å². The van der Waals surface area contributed by atoms with Crippen LogP contribution in [0.1, 0.15) is 37.7 Å². The van der Waals surface area contributed by atoms with Crippen molar-refractivity contribution >= 4 is 23.4 Å². The highest BCUT2D eigenvalue weighted by atomic mass is 32.2. The summed E-state index contributed by atoms with van der Waals surface area (Å²) < 4.78 is 0.251. The van der Waals surface area contributed by atoms with Crippen LogP contribution >= 0.6 is 11.8 Å². The molecule has 0 aliphatic carbocycles. The SMILES string of the molecule is CC1(CNC(=O)CC2CNc3ccccc32)CCCS1. The largest absolute Gasteiger partial charge is 0.384 e. The summed E-state index contributed by atoms with van der Waals surface area (Å²) >= 11 is 1.99. The summed E-state index contributed by atoms with van der Waals surface area (Å²) in [5.74, 6) is 1.73.